The summed E-state index contributed by atoms with van der Waals surface area (Å²) in [5.74, 6) is -0.0748. The SMILES string of the molecule is CCN(C(=O)CC1CCCN1)C(C)c1ccc(F)cc1. The third-order valence-corrected chi connectivity index (χ3v) is 4.06. The molecule has 2 atom stereocenters. The number of nitrogens with one attached hydrogen (secondary N) is 1. The van der Waals surface area contributed by atoms with E-state index in [0.717, 1.165) is 24.9 Å². The normalized spacial score (nSPS) is 19.9. The van der Waals surface area contributed by atoms with Crippen LogP contribution < -0.4 is 5.32 Å². The summed E-state index contributed by atoms with van der Waals surface area (Å²) < 4.78 is 13.0. The zero-order valence-electron chi connectivity index (χ0n) is 12.2. The van der Waals surface area contributed by atoms with Crippen molar-refractivity contribution in [2.24, 2.45) is 0 Å². The number of carbonyl (C=O) groups is 1. The molecule has 0 saturated carbocycles. The number of rotatable bonds is 5. The van der Waals surface area contributed by atoms with Gasteiger partial charge in [-0.2, -0.15) is 0 Å². The van der Waals surface area contributed by atoms with Gasteiger partial charge in [0.25, 0.3) is 0 Å². The molecule has 20 heavy (non-hydrogen) atoms. The lowest BCUT2D eigenvalue weighted by Gasteiger charge is -2.29. The minimum atomic E-state index is -0.245. The fraction of sp³-hybridized carbons (Fsp3) is 0.562. The van der Waals surface area contributed by atoms with Crippen LogP contribution in [0.1, 0.15) is 44.7 Å². The first-order chi connectivity index (χ1) is 9.61. The maximum Gasteiger partial charge on any atom is 0.224 e. The third kappa shape index (κ3) is 3.57. The van der Waals surface area contributed by atoms with Crippen LogP contribution in [0.4, 0.5) is 4.39 Å². The van der Waals surface area contributed by atoms with Crippen molar-refractivity contribution in [3.05, 3.63) is 35.6 Å². The van der Waals surface area contributed by atoms with Crippen LogP contribution in [0.2, 0.25) is 0 Å². The summed E-state index contributed by atoms with van der Waals surface area (Å²) in [6.07, 6.45) is 2.78. The van der Waals surface area contributed by atoms with Crippen molar-refractivity contribution < 1.29 is 9.18 Å². The van der Waals surface area contributed by atoms with Crippen molar-refractivity contribution in [1.29, 1.82) is 0 Å². The Morgan fingerprint density at radius 1 is 1.45 bits per heavy atom. The highest BCUT2D eigenvalue weighted by Crippen LogP contribution is 2.22. The van der Waals surface area contributed by atoms with Crippen LogP contribution in [-0.2, 0) is 4.79 Å². The van der Waals surface area contributed by atoms with Gasteiger partial charge in [0.05, 0.1) is 6.04 Å². The first-order valence-electron chi connectivity index (χ1n) is 7.40. The van der Waals surface area contributed by atoms with Crippen LogP contribution in [0.5, 0.6) is 0 Å². The molecule has 0 aromatic heterocycles. The van der Waals surface area contributed by atoms with Gasteiger partial charge in [-0.25, -0.2) is 4.39 Å². The molecule has 0 bridgehead atoms. The number of nitrogens with zero attached hydrogens (tertiary/aromatic N) is 1. The summed E-state index contributed by atoms with van der Waals surface area (Å²) in [5.41, 5.74) is 0.973. The quantitative estimate of drug-likeness (QED) is 0.898. The van der Waals surface area contributed by atoms with Gasteiger partial charge < -0.3 is 10.2 Å². The Morgan fingerprint density at radius 2 is 2.15 bits per heavy atom. The molecular weight excluding hydrogens is 255 g/mol. The standard InChI is InChI=1S/C16H23FN2O/c1-3-19(16(20)11-15-5-4-10-18-15)12(2)13-6-8-14(17)9-7-13/h6-9,12,15,18H,3-5,10-11H2,1-2H3. The largest absolute Gasteiger partial charge is 0.336 e. The van der Waals surface area contributed by atoms with Crippen LogP contribution in [0.3, 0.4) is 0 Å². The molecule has 0 radical (unpaired) electrons. The monoisotopic (exact) mass is 278 g/mol. The molecule has 1 N–H and O–H groups in total. The third-order valence-electron chi connectivity index (χ3n) is 4.06. The Morgan fingerprint density at radius 3 is 2.70 bits per heavy atom. The molecule has 1 amide bonds. The van der Waals surface area contributed by atoms with Crippen LogP contribution >= 0.6 is 0 Å². The van der Waals surface area contributed by atoms with Gasteiger partial charge in [0.15, 0.2) is 0 Å². The highest BCUT2D eigenvalue weighted by atomic mass is 19.1. The second-order valence-electron chi connectivity index (χ2n) is 5.40. The van der Waals surface area contributed by atoms with Gasteiger partial charge in [-0.05, 0) is 50.9 Å². The van der Waals surface area contributed by atoms with E-state index in [1.54, 1.807) is 12.1 Å². The van der Waals surface area contributed by atoms with E-state index >= 15 is 0 Å². The molecule has 0 aliphatic carbocycles. The number of amides is 1. The predicted molar refractivity (Wildman–Crippen MR) is 77.8 cm³/mol. The van der Waals surface area contributed by atoms with Crippen LogP contribution in [-0.4, -0.2) is 29.9 Å². The Labute approximate surface area is 120 Å². The van der Waals surface area contributed by atoms with E-state index in [-0.39, 0.29) is 17.8 Å². The van der Waals surface area contributed by atoms with Gasteiger partial charge in [-0.1, -0.05) is 12.1 Å². The van der Waals surface area contributed by atoms with E-state index in [0.29, 0.717) is 19.0 Å². The molecule has 1 aromatic rings. The highest BCUT2D eigenvalue weighted by Gasteiger charge is 2.24. The molecule has 1 fully saturated rings. The van der Waals surface area contributed by atoms with Crippen molar-refractivity contribution in [3.63, 3.8) is 0 Å². The lowest BCUT2D eigenvalue weighted by Crippen LogP contribution is -2.37. The van der Waals surface area contributed by atoms with Gasteiger partial charge in [-0.15, -0.1) is 0 Å². The predicted octanol–water partition coefficient (Wildman–Crippen LogP) is 2.88. The molecule has 1 heterocycles. The summed E-state index contributed by atoms with van der Waals surface area (Å²) in [6.45, 7) is 5.67. The van der Waals surface area contributed by atoms with Gasteiger partial charge in [0, 0.05) is 19.0 Å². The van der Waals surface area contributed by atoms with Crippen molar-refractivity contribution in [2.45, 2.75) is 45.2 Å². The molecule has 1 aliphatic heterocycles. The Balaban J connectivity index is 2.02. The molecule has 1 aliphatic rings. The van der Waals surface area contributed by atoms with E-state index in [9.17, 15) is 9.18 Å². The first kappa shape index (κ1) is 15.0. The van der Waals surface area contributed by atoms with E-state index in [2.05, 4.69) is 5.32 Å². The Hall–Kier alpha value is -1.42. The van der Waals surface area contributed by atoms with Gasteiger partial charge in [-0.3, -0.25) is 4.79 Å². The summed E-state index contributed by atoms with van der Waals surface area (Å²) in [4.78, 5) is 14.3. The average molecular weight is 278 g/mol. The van der Waals surface area contributed by atoms with Crippen molar-refractivity contribution in [2.75, 3.05) is 13.1 Å². The minimum Gasteiger partial charge on any atom is -0.336 e. The number of hydrogen-bond acceptors (Lipinski definition) is 2. The Bertz CT molecular complexity index is 440. The second kappa shape index (κ2) is 6.84. The molecule has 1 aromatic carbocycles. The number of benzene rings is 1. The van der Waals surface area contributed by atoms with Crippen LogP contribution in [0, 0.1) is 5.82 Å². The van der Waals surface area contributed by atoms with E-state index in [4.69, 9.17) is 0 Å². The Kier molecular flexibility index (Phi) is 5.12. The molecule has 3 nitrogen and oxygen atoms in total. The van der Waals surface area contributed by atoms with E-state index in [1.165, 1.54) is 12.1 Å². The molecule has 2 unspecified atom stereocenters. The van der Waals surface area contributed by atoms with Crippen LogP contribution in [0.15, 0.2) is 24.3 Å². The zero-order chi connectivity index (χ0) is 14.5. The summed E-state index contributed by atoms with van der Waals surface area (Å²) in [5, 5.41) is 3.36. The first-order valence-corrected chi connectivity index (χ1v) is 7.40. The number of carbonyl (C=O) groups excluding carboxylic acids is 1. The molecule has 0 spiro atoms. The van der Waals surface area contributed by atoms with E-state index in [1.807, 2.05) is 18.7 Å². The van der Waals surface area contributed by atoms with Crippen LogP contribution in [0.25, 0.3) is 0 Å². The molecule has 1 saturated heterocycles. The average Bonchev–Trinajstić information content (AvgIpc) is 2.93. The molecule has 4 heteroatoms. The fourth-order valence-electron chi connectivity index (χ4n) is 2.85. The maximum atomic E-state index is 13.0. The maximum absolute atomic E-state index is 13.0. The summed E-state index contributed by atoms with van der Waals surface area (Å²) >= 11 is 0. The smallest absolute Gasteiger partial charge is 0.224 e. The van der Waals surface area contributed by atoms with Gasteiger partial charge in [0.2, 0.25) is 5.91 Å². The topological polar surface area (TPSA) is 32.3 Å². The minimum absolute atomic E-state index is 0.0190. The number of hydrogen-bond donors (Lipinski definition) is 1. The summed E-state index contributed by atoms with van der Waals surface area (Å²) in [6, 6.07) is 6.70. The molecule has 2 rings (SSSR count). The summed E-state index contributed by atoms with van der Waals surface area (Å²) in [7, 11) is 0. The van der Waals surface area contributed by atoms with Gasteiger partial charge in [0.1, 0.15) is 5.82 Å². The second-order valence-corrected chi connectivity index (χ2v) is 5.40. The molecule has 110 valence electrons. The van der Waals surface area contributed by atoms with E-state index < -0.39 is 0 Å². The molecular formula is C16H23FN2O. The lowest BCUT2D eigenvalue weighted by atomic mass is 10.1. The van der Waals surface area contributed by atoms with Gasteiger partial charge >= 0.3 is 0 Å². The van der Waals surface area contributed by atoms with Crippen molar-refractivity contribution in [1.82, 2.24) is 10.2 Å². The highest BCUT2D eigenvalue weighted by molar-refractivity contribution is 5.77. The van der Waals surface area contributed by atoms with Crippen molar-refractivity contribution >= 4 is 5.91 Å². The fourth-order valence-corrected chi connectivity index (χ4v) is 2.85. The van der Waals surface area contributed by atoms with Crippen molar-refractivity contribution in [3.8, 4) is 0 Å². The number of halogens is 1. The lowest BCUT2D eigenvalue weighted by molar-refractivity contribution is -0.133. The zero-order valence-corrected chi connectivity index (χ0v) is 12.2.